The Balaban J connectivity index is 1.84. The van der Waals surface area contributed by atoms with Crippen LogP contribution in [0.5, 0.6) is 5.75 Å². The van der Waals surface area contributed by atoms with Crippen LogP contribution in [0.15, 0.2) is 66.8 Å². The van der Waals surface area contributed by atoms with Crippen molar-refractivity contribution < 1.29 is 14.6 Å². The van der Waals surface area contributed by atoms with Crippen LogP contribution in [0, 0.1) is 0 Å². The van der Waals surface area contributed by atoms with Gasteiger partial charge in [-0.3, -0.25) is 4.79 Å². The van der Waals surface area contributed by atoms with E-state index in [1.165, 1.54) is 16.7 Å². The molecule has 0 aliphatic carbocycles. The number of nitrogens with one attached hydrogen (secondary N) is 1. The number of aliphatic hydroxyl groups excluding tert-OH is 1. The van der Waals surface area contributed by atoms with Gasteiger partial charge in [0.25, 0.3) is 0 Å². The lowest BCUT2D eigenvalue weighted by molar-refractivity contribution is -0.118. The molecule has 154 valence electrons. The number of nitrogens with two attached hydrogens (primary N) is 1. The highest BCUT2D eigenvalue weighted by Crippen LogP contribution is 2.20. The van der Waals surface area contributed by atoms with Crippen LogP contribution in [0.1, 0.15) is 31.4 Å². The molecule has 0 heterocycles. The quantitative estimate of drug-likeness (QED) is 0.533. The summed E-state index contributed by atoms with van der Waals surface area (Å²) in [5, 5.41) is 11.5. The van der Waals surface area contributed by atoms with Gasteiger partial charge in [-0.15, -0.1) is 0 Å². The smallest absolute Gasteiger partial charge is 0.243 e. The van der Waals surface area contributed by atoms with Crippen molar-refractivity contribution >= 4 is 17.2 Å². The summed E-state index contributed by atoms with van der Waals surface area (Å²) >= 11 is 0. The van der Waals surface area contributed by atoms with Crippen molar-refractivity contribution in [2.75, 3.05) is 18.5 Å². The Morgan fingerprint density at radius 1 is 1.17 bits per heavy atom. The molecule has 5 nitrogen and oxygen atoms in total. The summed E-state index contributed by atoms with van der Waals surface area (Å²) in [4.78, 5) is 11.7. The third-order valence-electron chi connectivity index (χ3n) is 4.51. The van der Waals surface area contributed by atoms with Gasteiger partial charge in [-0.25, -0.2) is 0 Å². The molecule has 0 aliphatic heterocycles. The number of hydrogen-bond donors (Lipinski definition) is 3. The van der Waals surface area contributed by atoms with Gasteiger partial charge in [-0.2, -0.15) is 0 Å². The van der Waals surface area contributed by atoms with E-state index in [4.69, 9.17) is 15.6 Å². The maximum absolute atomic E-state index is 11.7. The summed E-state index contributed by atoms with van der Waals surface area (Å²) in [5.74, 6) is 0.310. The van der Waals surface area contributed by atoms with Crippen molar-refractivity contribution in [1.82, 2.24) is 0 Å². The van der Waals surface area contributed by atoms with E-state index in [9.17, 15) is 4.79 Å². The molecule has 0 aromatic heterocycles. The molecular formula is C24H30N2O3. The van der Waals surface area contributed by atoms with Gasteiger partial charge in [0.05, 0.1) is 13.2 Å². The Kier molecular flexibility index (Phi) is 9.15. The number of ether oxygens (including phenoxy) is 1. The Labute approximate surface area is 172 Å². The van der Waals surface area contributed by atoms with Gasteiger partial charge in [0.15, 0.2) is 0 Å². The average molecular weight is 395 g/mol. The molecule has 5 heteroatoms. The molecule has 29 heavy (non-hydrogen) atoms. The molecule has 0 aliphatic rings. The van der Waals surface area contributed by atoms with Crippen LogP contribution < -0.4 is 15.8 Å². The highest BCUT2D eigenvalue weighted by Gasteiger charge is 2.11. The highest BCUT2D eigenvalue weighted by molar-refractivity contribution is 5.94. The minimum Gasteiger partial charge on any atom is -0.493 e. The van der Waals surface area contributed by atoms with Crippen LogP contribution in [-0.2, 0) is 11.2 Å². The lowest BCUT2D eigenvalue weighted by Gasteiger charge is -2.11. The zero-order valence-electron chi connectivity index (χ0n) is 17.1. The normalized spacial score (nSPS) is 12.8. The third kappa shape index (κ3) is 7.22. The molecule has 0 spiro atoms. The molecule has 0 bridgehead atoms. The first-order chi connectivity index (χ1) is 14.1. The Morgan fingerprint density at radius 3 is 2.45 bits per heavy atom. The van der Waals surface area contributed by atoms with Gasteiger partial charge < -0.3 is 20.9 Å². The van der Waals surface area contributed by atoms with Crippen molar-refractivity contribution in [3.63, 3.8) is 0 Å². The van der Waals surface area contributed by atoms with Crippen molar-refractivity contribution in [1.29, 1.82) is 0 Å². The summed E-state index contributed by atoms with van der Waals surface area (Å²) in [6.45, 7) is 4.35. The molecule has 0 radical (unpaired) electrons. The zero-order chi connectivity index (χ0) is 21.1. The minimum absolute atomic E-state index is 0.389. The largest absolute Gasteiger partial charge is 0.493 e. The average Bonchev–Trinajstić information content (AvgIpc) is 2.75. The first kappa shape index (κ1) is 22.4. The Bertz CT molecular complexity index is 824. The van der Waals surface area contributed by atoms with Gasteiger partial charge in [-0.05, 0) is 54.3 Å². The second-order valence-electron chi connectivity index (χ2n) is 6.67. The molecule has 2 aromatic rings. The van der Waals surface area contributed by atoms with Crippen molar-refractivity contribution in [2.24, 2.45) is 5.73 Å². The van der Waals surface area contributed by atoms with Gasteiger partial charge >= 0.3 is 0 Å². The number of carbonyl (C=O) groups is 1. The monoisotopic (exact) mass is 394 g/mol. The second-order valence-corrected chi connectivity index (χ2v) is 6.67. The maximum Gasteiger partial charge on any atom is 0.243 e. The summed E-state index contributed by atoms with van der Waals surface area (Å²) in [5.41, 5.74) is 9.87. The number of amides is 1. The molecule has 0 saturated carbocycles. The third-order valence-corrected chi connectivity index (χ3v) is 4.51. The molecule has 1 amide bonds. The zero-order valence-corrected chi connectivity index (χ0v) is 17.1. The standard InChI is InChI=1S/C24H30N2O3/c1-3-5-6-19(4-2)20-9-7-18(8-10-20)15-16-29-22-13-11-21(12-14-22)26-24(28)23(25)17-27/h3,5-14,23,27H,4,15-17,25H2,1-2H3,(H,26,28)/b5-3-,19-6+/t23-/m0/s1. The van der Waals surface area contributed by atoms with E-state index in [0.717, 1.165) is 18.6 Å². The van der Waals surface area contributed by atoms with Gasteiger partial charge in [0.1, 0.15) is 11.8 Å². The van der Waals surface area contributed by atoms with Gasteiger partial charge in [0, 0.05) is 12.1 Å². The van der Waals surface area contributed by atoms with Crippen molar-refractivity contribution in [2.45, 2.75) is 32.7 Å². The maximum atomic E-state index is 11.7. The Morgan fingerprint density at radius 2 is 1.86 bits per heavy atom. The summed E-state index contributed by atoms with van der Waals surface area (Å²) in [6.07, 6.45) is 8.06. The molecule has 0 saturated heterocycles. The van der Waals surface area contributed by atoms with Crippen LogP contribution in [-0.4, -0.2) is 30.3 Å². The van der Waals surface area contributed by atoms with Crippen molar-refractivity contribution in [3.8, 4) is 5.75 Å². The molecule has 0 unspecified atom stereocenters. The molecule has 1 atom stereocenters. The van der Waals surface area contributed by atoms with E-state index in [-0.39, 0.29) is 6.61 Å². The summed E-state index contributed by atoms with van der Waals surface area (Å²) in [6, 6.07) is 14.7. The number of aliphatic hydroxyl groups is 1. The number of hydrogen-bond acceptors (Lipinski definition) is 4. The van der Waals surface area contributed by atoms with E-state index < -0.39 is 11.9 Å². The number of carbonyl (C=O) groups excluding carboxylic acids is 1. The fourth-order valence-electron chi connectivity index (χ4n) is 2.76. The van der Waals surface area contributed by atoms with Crippen LogP contribution in [0.25, 0.3) is 5.57 Å². The summed E-state index contributed by atoms with van der Waals surface area (Å²) < 4.78 is 5.79. The Hall–Kier alpha value is -2.89. The molecule has 4 N–H and O–H groups in total. The fourth-order valence-corrected chi connectivity index (χ4v) is 2.76. The summed E-state index contributed by atoms with van der Waals surface area (Å²) in [7, 11) is 0. The van der Waals surface area contributed by atoms with E-state index in [1.807, 2.05) is 13.0 Å². The highest BCUT2D eigenvalue weighted by atomic mass is 16.5. The van der Waals surface area contributed by atoms with E-state index in [1.54, 1.807) is 24.3 Å². The molecule has 0 fully saturated rings. The fraction of sp³-hybridized carbons (Fsp3) is 0.292. The number of rotatable bonds is 10. The lowest BCUT2D eigenvalue weighted by atomic mass is 10.0. The van der Waals surface area contributed by atoms with E-state index >= 15 is 0 Å². The molecule has 2 aromatic carbocycles. The second kappa shape index (κ2) is 11.8. The SMILES string of the molecule is C/C=C\C=C(/CC)c1ccc(CCOc2ccc(NC(=O)[C@@H](N)CO)cc2)cc1. The van der Waals surface area contributed by atoms with Gasteiger partial charge in [0.2, 0.25) is 5.91 Å². The van der Waals surface area contributed by atoms with Crippen LogP contribution in [0.2, 0.25) is 0 Å². The topological polar surface area (TPSA) is 84.6 Å². The first-order valence-electron chi connectivity index (χ1n) is 9.88. The van der Waals surface area contributed by atoms with Gasteiger partial charge in [-0.1, -0.05) is 49.4 Å². The van der Waals surface area contributed by atoms with Crippen LogP contribution in [0.3, 0.4) is 0 Å². The minimum atomic E-state index is -0.927. The number of anilines is 1. The van der Waals surface area contributed by atoms with Crippen molar-refractivity contribution in [3.05, 3.63) is 77.9 Å². The van der Waals surface area contributed by atoms with Crippen LogP contribution >= 0.6 is 0 Å². The number of benzene rings is 2. The molecular weight excluding hydrogens is 364 g/mol. The van der Waals surface area contributed by atoms with E-state index in [0.29, 0.717) is 12.3 Å². The lowest BCUT2D eigenvalue weighted by Crippen LogP contribution is -2.38. The predicted molar refractivity (Wildman–Crippen MR) is 119 cm³/mol. The van der Waals surface area contributed by atoms with Crippen LogP contribution in [0.4, 0.5) is 5.69 Å². The molecule has 2 rings (SSSR count). The van der Waals surface area contributed by atoms with E-state index in [2.05, 4.69) is 48.7 Å². The first-order valence-corrected chi connectivity index (χ1v) is 9.88. The number of allylic oxidation sites excluding steroid dienone is 4. The predicted octanol–water partition coefficient (Wildman–Crippen LogP) is 3.94.